The summed E-state index contributed by atoms with van der Waals surface area (Å²) in [5.74, 6) is -1.57. The third-order valence-corrected chi connectivity index (χ3v) is 3.84. The Kier molecular flexibility index (Phi) is 5.05. The van der Waals surface area contributed by atoms with E-state index in [4.69, 9.17) is 5.11 Å². The number of hydrogen-bond acceptors (Lipinski definition) is 3. The number of nitrogens with one attached hydrogen (secondary N) is 1. The van der Waals surface area contributed by atoms with Gasteiger partial charge < -0.3 is 10.4 Å². The normalized spacial score (nSPS) is 11.9. The number of carboxylic acid groups (broad SMARTS) is 1. The number of rotatable bonds is 6. The van der Waals surface area contributed by atoms with E-state index in [-0.39, 0.29) is 24.6 Å². The summed E-state index contributed by atoms with van der Waals surface area (Å²) >= 11 is 1.31. The van der Waals surface area contributed by atoms with Crippen LogP contribution >= 0.6 is 11.3 Å². The summed E-state index contributed by atoms with van der Waals surface area (Å²) in [5, 5.41) is 13.4. The van der Waals surface area contributed by atoms with Gasteiger partial charge in [0.2, 0.25) is 0 Å². The number of benzene rings is 1. The van der Waals surface area contributed by atoms with Gasteiger partial charge in [-0.15, -0.1) is 11.3 Å². The molecule has 2 N–H and O–H groups in total. The molecule has 0 fully saturated rings. The molecule has 1 amide bonds. The van der Waals surface area contributed by atoms with Crippen LogP contribution in [0.3, 0.4) is 0 Å². The van der Waals surface area contributed by atoms with E-state index in [1.807, 2.05) is 0 Å². The van der Waals surface area contributed by atoms with Crippen molar-refractivity contribution in [3.05, 3.63) is 58.0 Å². The number of carbonyl (C=O) groups excluding carboxylic acids is 1. The molecule has 0 saturated heterocycles. The molecular weight excluding hydrogens is 293 g/mol. The number of aliphatic carboxylic acids is 1. The summed E-state index contributed by atoms with van der Waals surface area (Å²) in [6.07, 6.45) is 0.171. The van der Waals surface area contributed by atoms with Crippen LogP contribution in [0, 0.1) is 5.82 Å². The summed E-state index contributed by atoms with van der Waals surface area (Å²) in [6.45, 7) is 0. The molecule has 0 aliphatic heterocycles. The van der Waals surface area contributed by atoms with Crippen LogP contribution in [0.1, 0.15) is 34.1 Å². The Hall–Kier alpha value is -2.21. The maximum absolute atomic E-state index is 13.0. The predicted octanol–water partition coefficient (Wildman–Crippen LogP) is 3.22. The van der Waals surface area contributed by atoms with Gasteiger partial charge in [-0.05, 0) is 35.6 Å². The SMILES string of the molecule is O=C(O)CCC(NC(=O)c1cccs1)c1ccc(F)cc1. The molecule has 0 radical (unpaired) electrons. The van der Waals surface area contributed by atoms with Gasteiger partial charge in [-0.3, -0.25) is 9.59 Å². The Balaban J connectivity index is 2.13. The minimum atomic E-state index is -0.938. The summed E-state index contributed by atoms with van der Waals surface area (Å²) in [4.78, 5) is 23.4. The van der Waals surface area contributed by atoms with Crippen molar-refractivity contribution in [3.8, 4) is 0 Å². The van der Waals surface area contributed by atoms with Crippen molar-refractivity contribution in [2.24, 2.45) is 0 Å². The van der Waals surface area contributed by atoms with Gasteiger partial charge in [0.05, 0.1) is 10.9 Å². The van der Waals surface area contributed by atoms with Crippen LogP contribution < -0.4 is 5.32 Å². The lowest BCUT2D eigenvalue weighted by Crippen LogP contribution is -2.28. The van der Waals surface area contributed by atoms with E-state index >= 15 is 0 Å². The Labute approximate surface area is 125 Å². The van der Waals surface area contributed by atoms with Crippen LogP contribution in [-0.2, 0) is 4.79 Å². The van der Waals surface area contributed by atoms with E-state index in [1.54, 1.807) is 29.6 Å². The summed E-state index contributed by atoms with van der Waals surface area (Å²) in [7, 11) is 0. The fourth-order valence-corrected chi connectivity index (χ4v) is 2.55. The Morgan fingerprint density at radius 2 is 1.95 bits per heavy atom. The molecule has 0 aliphatic carbocycles. The van der Waals surface area contributed by atoms with Crippen molar-refractivity contribution in [1.29, 1.82) is 0 Å². The number of hydrogen-bond donors (Lipinski definition) is 2. The highest BCUT2D eigenvalue weighted by atomic mass is 32.1. The fourth-order valence-electron chi connectivity index (χ4n) is 1.92. The molecule has 2 rings (SSSR count). The van der Waals surface area contributed by atoms with Gasteiger partial charge in [-0.2, -0.15) is 0 Å². The summed E-state index contributed by atoms with van der Waals surface area (Å²) in [6, 6.07) is 8.69. The predicted molar refractivity (Wildman–Crippen MR) is 77.8 cm³/mol. The minimum Gasteiger partial charge on any atom is -0.481 e. The van der Waals surface area contributed by atoms with E-state index < -0.39 is 12.0 Å². The number of carbonyl (C=O) groups is 2. The van der Waals surface area contributed by atoms with Crippen LogP contribution in [0.25, 0.3) is 0 Å². The zero-order valence-corrected chi connectivity index (χ0v) is 11.9. The third kappa shape index (κ3) is 4.39. The molecule has 6 heteroatoms. The lowest BCUT2D eigenvalue weighted by atomic mass is 10.0. The van der Waals surface area contributed by atoms with Crippen molar-refractivity contribution in [3.63, 3.8) is 0 Å². The average Bonchev–Trinajstić information content (AvgIpc) is 2.98. The van der Waals surface area contributed by atoms with Gasteiger partial charge in [0, 0.05) is 6.42 Å². The van der Waals surface area contributed by atoms with Crippen molar-refractivity contribution in [1.82, 2.24) is 5.32 Å². The van der Waals surface area contributed by atoms with Crippen LogP contribution in [0.2, 0.25) is 0 Å². The van der Waals surface area contributed by atoms with Gasteiger partial charge in [-0.1, -0.05) is 18.2 Å². The smallest absolute Gasteiger partial charge is 0.303 e. The lowest BCUT2D eigenvalue weighted by Gasteiger charge is -2.18. The van der Waals surface area contributed by atoms with E-state index in [2.05, 4.69) is 5.32 Å². The van der Waals surface area contributed by atoms with E-state index in [9.17, 15) is 14.0 Å². The highest BCUT2D eigenvalue weighted by Gasteiger charge is 2.17. The Morgan fingerprint density at radius 3 is 2.52 bits per heavy atom. The molecule has 0 bridgehead atoms. The van der Waals surface area contributed by atoms with Gasteiger partial charge in [0.1, 0.15) is 5.82 Å². The number of thiophene rings is 1. The molecule has 0 spiro atoms. The molecule has 2 aromatic rings. The number of carboxylic acids is 1. The standard InChI is InChI=1S/C15H14FNO3S/c16-11-5-3-10(4-6-11)12(7-8-14(18)19)17-15(20)13-2-1-9-21-13/h1-6,9,12H,7-8H2,(H,17,20)(H,18,19). The van der Waals surface area contributed by atoms with E-state index in [0.717, 1.165) is 0 Å². The third-order valence-electron chi connectivity index (χ3n) is 2.97. The molecule has 1 heterocycles. The van der Waals surface area contributed by atoms with Crippen molar-refractivity contribution in [2.45, 2.75) is 18.9 Å². The second-order valence-electron chi connectivity index (χ2n) is 4.49. The molecule has 1 atom stereocenters. The highest BCUT2D eigenvalue weighted by Crippen LogP contribution is 2.20. The molecule has 4 nitrogen and oxygen atoms in total. The largest absolute Gasteiger partial charge is 0.481 e. The Morgan fingerprint density at radius 1 is 1.24 bits per heavy atom. The fraction of sp³-hybridized carbons (Fsp3) is 0.200. The Bertz CT molecular complexity index is 610. The average molecular weight is 307 g/mol. The number of halogens is 1. The molecular formula is C15H14FNO3S. The molecule has 110 valence electrons. The molecule has 1 unspecified atom stereocenters. The zero-order valence-electron chi connectivity index (χ0n) is 11.1. The van der Waals surface area contributed by atoms with Crippen LogP contribution in [0.15, 0.2) is 41.8 Å². The maximum atomic E-state index is 13.0. The maximum Gasteiger partial charge on any atom is 0.303 e. The summed E-state index contributed by atoms with van der Waals surface area (Å²) < 4.78 is 13.0. The second kappa shape index (κ2) is 6.99. The summed E-state index contributed by atoms with van der Waals surface area (Å²) in [5.41, 5.74) is 0.683. The molecule has 1 aromatic carbocycles. The van der Waals surface area contributed by atoms with E-state index in [1.165, 1.54) is 23.5 Å². The lowest BCUT2D eigenvalue weighted by molar-refractivity contribution is -0.137. The first-order valence-electron chi connectivity index (χ1n) is 6.38. The minimum absolute atomic E-state index is 0.0766. The number of amides is 1. The van der Waals surface area contributed by atoms with Gasteiger partial charge >= 0.3 is 5.97 Å². The topological polar surface area (TPSA) is 66.4 Å². The van der Waals surface area contributed by atoms with Crippen molar-refractivity contribution >= 4 is 23.2 Å². The molecule has 0 saturated carbocycles. The van der Waals surface area contributed by atoms with Gasteiger partial charge in [-0.25, -0.2) is 4.39 Å². The van der Waals surface area contributed by atoms with Gasteiger partial charge in [0.25, 0.3) is 5.91 Å². The first-order valence-corrected chi connectivity index (χ1v) is 7.26. The van der Waals surface area contributed by atoms with Crippen molar-refractivity contribution in [2.75, 3.05) is 0 Å². The monoisotopic (exact) mass is 307 g/mol. The zero-order chi connectivity index (χ0) is 15.2. The quantitative estimate of drug-likeness (QED) is 0.861. The first-order chi connectivity index (χ1) is 10.1. The van der Waals surface area contributed by atoms with Crippen LogP contribution in [0.4, 0.5) is 4.39 Å². The van der Waals surface area contributed by atoms with Crippen LogP contribution in [0.5, 0.6) is 0 Å². The van der Waals surface area contributed by atoms with Gasteiger partial charge in [0.15, 0.2) is 0 Å². The molecule has 21 heavy (non-hydrogen) atoms. The molecule has 1 aromatic heterocycles. The van der Waals surface area contributed by atoms with Crippen LogP contribution in [-0.4, -0.2) is 17.0 Å². The van der Waals surface area contributed by atoms with E-state index in [0.29, 0.717) is 10.4 Å². The van der Waals surface area contributed by atoms with Crippen molar-refractivity contribution < 1.29 is 19.1 Å². The second-order valence-corrected chi connectivity index (χ2v) is 5.44. The molecule has 0 aliphatic rings. The highest BCUT2D eigenvalue weighted by molar-refractivity contribution is 7.12. The first kappa shape index (κ1) is 15.2.